The first-order chi connectivity index (χ1) is 5.61. The van der Waals surface area contributed by atoms with Gasteiger partial charge in [-0.1, -0.05) is 20.8 Å². The molecule has 0 amide bonds. The van der Waals surface area contributed by atoms with E-state index in [9.17, 15) is 0 Å². The second-order valence-corrected chi connectivity index (χ2v) is 3.72. The third kappa shape index (κ3) is 2.06. The Morgan fingerprint density at radius 3 is 2.25 bits per heavy atom. The van der Waals surface area contributed by atoms with Crippen molar-refractivity contribution in [2.24, 2.45) is 27.8 Å². The molecule has 12 heavy (non-hydrogen) atoms. The van der Waals surface area contributed by atoms with Crippen LogP contribution in [0.1, 0.15) is 33.6 Å². The van der Waals surface area contributed by atoms with Gasteiger partial charge in [0.2, 0.25) is 0 Å². The summed E-state index contributed by atoms with van der Waals surface area (Å²) in [5.74, 6) is 1.83. The fourth-order valence-corrected chi connectivity index (χ4v) is 1.19. The van der Waals surface area contributed by atoms with Crippen molar-refractivity contribution in [1.82, 2.24) is 0 Å². The monoisotopic (exact) mass is 167 g/mol. The molecule has 0 fully saturated rings. The SMILES string of the molecule is CC(C)C(C)C1=NN=C(N)CC1. The highest BCUT2D eigenvalue weighted by molar-refractivity contribution is 5.94. The highest BCUT2D eigenvalue weighted by atomic mass is 15.2. The molecule has 68 valence electrons. The third-order valence-corrected chi connectivity index (χ3v) is 2.47. The van der Waals surface area contributed by atoms with E-state index in [1.165, 1.54) is 5.71 Å². The standard InChI is InChI=1S/C9H17N3/c1-6(2)7(3)8-4-5-9(10)12-11-8/h6-7H,4-5H2,1-3H3,(H2,10,12). The van der Waals surface area contributed by atoms with Crippen LogP contribution in [0.3, 0.4) is 0 Å². The molecule has 1 unspecified atom stereocenters. The summed E-state index contributed by atoms with van der Waals surface area (Å²) in [7, 11) is 0. The van der Waals surface area contributed by atoms with Gasteiger partial charge in [0.1, 0.15) is 5.84 Å². The maximum Gasteiger partial charge on any atom is 0.122 e. The summed E-state index contributed by atoms with van der Waals surface area (Å²) >= 11 is 0. The molecule has 0 aliphatic carbocycles. The first-order valence-electron chi connectivity index (χ1n) is 4.50. The van der Waals surface area contributed by atoms with Gasteiger partial charge in [0.25, 0.3) is 0 Å². The van der Waals surface area contributed by atoms with Crippen molar-refractivity contribution in [2.75, 3.05) is 0 Å². The molecule has 3 heteroatoms. The minimum atomic E-state index is 0.529. The van der Waals surface area contributed by atoms with Crippen LogP contribution >= 0.6 is 0 Å². The van der Waals surface area contributed by atoms with Gasteiger partial charge in [-0.05, 0) is 18.3 Å². The Balaban J connectivity index is 2.65. The van der Waals surface area contributed by atoms with Crippen molar-refractivity contribution in [3.63, 3.8) is 0 Å². The van der Waals surface area contributed by atoms with E-state index in [1.807, 2.05) is 0 Å². The maximum absolute atomic E-state index is 5.52. The molecule has 1 heterocycles. The van der Waals surface area contributed by atoms with Gasteiger partial charge >= 0.3 is 0 Å². The second-order valence-electron chi connectivity index (χ2n) is 3.72. The Morgan fingerprint density at radius 2 is 1.83 bits per heavy atom. The Hall–Kier alpha value is -0.860. The zero-order valence-corrected chi connectivity index (χ0v) is 8.04. The number of hydrogen-bond donors (Lipinski definition) is 1. The van der Waals surface area contributed by atoms with Crippen molar-refractivity contribution in [2.45, 2.75) is 33.6 Å². The third-order valence-electron chi connectivity index (χ3n) is 2.47. The predicted octanol–water partition coefficient (Wildman–Crippen LogP) is 1.79. The molecule has 0 saturated heterocycles. The largest absolute Gasteiger partial charge is 0.386 e. The topological polar surface area (TPSA) is 50.7 Å². The van der Waals surface area contributed by atoms with Crippen LogP contribution in [0.5, 0.6) is 0 Å². The van der Waals surface area contributed by atoms with Crippen LogP contribution in [-0.2, 0) is 0 Å². The van der Waals surface area contributed by atoms with Crippen LogP contribution < -0.4 is 5.73 Å². The number of rotatable bonds is 2. The van der Waals surface area contributed by atoms with E-state index in [-0.39, 0.29) is 0 Å². The first-order valence-corrected chi connectivity index (χ1v) is 4.50. The van der Waals surface area contributed by atoms with Crippen LogP contribution in [0.2, 0.25) is 0 Å². The minimum Gasteiger partial charge on any atom is -0.386 e. The fraction of sp³-hybridized carbons (Fsp3) is 0.778. The lowest BCUT2D eigenvalue weighted by Gasteiger charge is -2.19. The van der Waals surface area contributed by atoms with Gasteiger partial charge in [0.05, 0.1) is 0 Å². The normalized spacial score (nSPS) is 20.3. The lowest BCUT2D eigenvalue weighted by molar-refractivity contribution is 0.522. The molecule has 0 aromatic rings. The number of hydrogen-bond acceptors (Lipinski definition) is 3. The summed E-state index contributed by atoms with van der Waals surface area (Å²) in [6.07, 6.45) is 1.85. The summed E-state index contributed by atoms with van der Waals surface area (Å²) in [5.41, 5.74) is 6.71. The van der Waals surface area contributed by atoms with Crippen LogP contribution in [0.4, 0.5) is 0 Å². The van der Waals surface area contributed by atoms with E-state index in [1.54, 1.807) is 0 Å². The van der Waals surface area contributed by atoms with Crippen molar-refractivity contribution in [1.29, 1.82) is 0 Å². The predicted molar refractivity (Wildman–Crippen MR) is 52.3 cm³/mol. The van der Waals surface area contributed by atoms with Crippen LogP contribution in [0, 0.1) is 11.8 Å². The summed E-state index contributed by atoms with van der Waals surface area (Å²) in [5, 5.41) is 8.01. The molecule has 1 aliphatic heterocycles. The quantitative estimate of drug-likeness (QED) is 0.669. The van der Waals surface area contributed by atoms with Crippen molar-refractivity contribution in [3.05, 3.63) is 0 Å². The Bertz CT molecular complexity index is 216. The first kappa shape index (κ1) is 9.23. The van der Waals surface area contributed by atoms with Gasteiger partial charge in [-0.3, -0.25) is 0 Å². The average Bonchev–Trinajstić information content (AvgIpc) is 2.04. The van der Waals surface area contributed by atoms with Crippen molar-refractivity contribution < 1.29 is 0 Å². The summed E-state index contributed by atoms with van der Waals surface area (Å²) < 4.78 is 0. The van der Waals surface area contributed by atoms with Crippen LogP contribution in [0.15, 0.2) is 10.2 Å². The molecule has 2 N–H and O–H groups in total. The van der Waals surface area contributed by atoms with E-state index in [0.29, 0.717) is 17.7 Å². The number of nitrogens with two attached hydrogens (primary N) is 1. The van der Waals surface area contributed by atoms with Crippen molar-refractivity contribution >= 4 is 11.5 Å². The van der Waals surface area contributed by atoms with Gasteiger partial charge in [-0.25, -0.2) is 0 Å². The molecule has 0 aromatic carbocycles. The lowest BCUT2D eigenvalue weighted by Crippen LogP contribution is -2.23. The molecule has 0 bridgehead atoms. The summed E-state index contributed by atoms with van der Waals surface area (Å²) in [6.45, 7) is 6.60. The molecule has 1 aliphatic rings. The molecule has 1 atom stereocenters. The highest BCUT2D eigenvalue weighted by Crippen LogP contribution is 2.17. The van der Waals surface area contributed by atoms with Crippen LogP contribution in [-0.4, -0.2) is 11.5 Å². The average molecular weight is 167 g/mol. The number of amidine groups is 1. The van der Waals surface area contributed by atoms with E-state index >= 15 is 0 Å². The van der Waals surface area contributed by atoms with E-state index in [0.717, 1.165) is 12.8 Å². The lowest BCUT2D eigenvalue weighted by atomic mass is 9.90. The summed E-state index contributed by atoms with van der Waals surface area (Å²) in [6, 6.07) is 0. The van der Waals surface area contributed by atoms with Gasteiger partial charge in [-0.15, -0.1) is 5.10 Å². The Labute approximate surface area is 73.8 Å². The Morgan fingerprint density at radius 1 is 1.17 bits per heavy atom. The summed E-state index contributed by atoms with van der Waals surface area (Å²) in [4.78, 5) is 0. The van der Waals surface area contributed by atoms with Gasteiger partial charge in [-0.2, -0.15) is 5.10 Å². The smallest absolute Gasteiger partial charge is 0.122 e. The molecule has 0 spiro atoms. The Kier molecular flexibility index (Phi) is 2.84. The van der Waals surface area contributed by atoms with Gasteiger partial charge in [0.15, 0.2) is 0 Å². The fourth-order valence-electron chi connectivity index (χ4n) is 1.19. The van der Waals surface area contributed by atoms with Crippen LogP contribution in [0.25, 0.3) is 0 Å². The van der Waals surface area contributed by atoms with E-state index in [2.05, 4.69) is 31.0 Å². The zero-order chi connectivity index (χ0) is 9.14. The molecule has 1 rings (SSSR count). The molecular weight excluding hydrogens is 150 g/mol. The zero-order valence-electron chi connectivity index (χ0n) is 8.04. The minimum absolute atomic E-state index is 0.529. The van der Waals surface area contributed by atoms with E-state index < -0.39 is 0 Å². The molecule has 0 saturated carbocycles. The van der Waals surface area contributed by atoms with Crippen molar-refractivity contribution in [3.8, 4) is 0 Å². The number of nitrogens with zero attached hydrogens (tertiary/aromatic N) is 2. The second kappa shape index (κ2) is 3.70. The molecular formula is C9H17N3. The highest BCUT2D eigenvalue weighted by Gasteiger charge is 2.17. The van der Waals surface area contributed by atoms with Gasteiger partial charge < -0.3 is 5.73 Å². The maximum atomic E-state index is 5.52. The molecule has 3 nitrogen and oxygen atoms in total. The van der Waals surface area contributed by atoms with Gasteiger partial charge in [0, 0.05) is 12.1 Å². The molecule has 0 radical (unpaired) electrons. The molecule has 0 aromatic heterocycles. The van der Waals surface area contributed by atoms with E-state index in [4.69, 9.17) is 5.73 Å².